The molecule has 2 N–H and O–H groups in total. The first-order chi connectivity index (χ1) is 6.77. The molecule has 0 radical (unpaired) electrons. The van der Waals surface area contributed by atoms with Gasteiger partial charge in [-0.1, -0.05) is 34.6 Å². The van der Waals surface area contributed by atoms with Crippen LogP contribution in [0.15, 0.2) is 0 Å². The number of nitrogens with one attached hydrogen (secondary N) is 2. The number of carbonyl (C=O) groups excluding carboxylic acids is 1. The van der Waals surface area contributed by atoms with E-state index in [2.05, 4.69) is 45.3 Å². The van der Waals surface area contributed by atoms with Crippen LogP contribution in [0.5, 0.6) is 0 Å². The number of hydrogen-bond donors (Lipinski definition) is 2. The van der Waals surface area contributed by atoms with Gasteiger partial charge in [0.25, 0.3) is 0 Å². The molecule has 0 spiro atoms. The molecule has 0 heterocycles. The third-order valence-corrected chi connectivity index (χ3v) is 2.17. The van der Waals surface area contributed by atoms with Gasteiger partial charge in [-0.2, -0.15) is 0 Å². The molecule has 0 fully saturated rings. The first-order valence-corrected chi connectivity index (χ1v) is 5.38. The van der Waals surface area contributed by atoms with Gasteiger partial charge in [-0.05, 0) is 5.41 Å². The maximum Gasteiger partial charge on any atom is 0.406 e. The Morgan fingerprint density at radius 2 is 1.87 bits per heavy atom. The highest BCUT2D eigenvalue weighted by molar-refractivity contribution is 5.66. The largest absolute Gasteiger partial charge is 0.448 e. The predicted molar refractivity (Wildman–Crippen MR) is 61.9 cm³/mol. The summed E-state index contributed by atoms with van der Waals surface area (Å²) in [6.45, 7) is 10.9. The van der Waals surface area contributed by atoms with Crippen LogP contribution in [0.1, 0.15) is 34.6 Å². The van der Waals surface area contributed by atoms with E-state index in [0.29, 0.717) is 12.6 Å². The lowest BCUT2D eigenvalue weighted by atomic mass is 9.87. The van der Waals surface area contributed by atoms with Gasteiger partial charge in [0.2, 0.25) is 0 Å². The van der Waals surface area contributed by atoms with Crippen LogP contribution in [-0.4, -0.2) is 31.8 Å². The molecule has 0 aromatic carbocycles. The Hall–Kier alpha value is -0.770. The van der Waals surface area contributed by atoms with Crippen molar-refractivity contribution in [1.82, 2.24) is 10.6 Å². The highest BCUT2D eigenvalue weighted by Crippen LogP contribution is 2.20. The summed E-state index contributed by atoms with van der Waals surface area (Å²) in [5.74, 6) is 0. The maximum absolute atomic E-state index is 11.0. The monoisotopic (exact) mass is 216 g/mol. The second-order valence-corrected chi connectivity index (χ2v) is 5.09. The molecule has 0 aliphatic rings. The standard InChI is InChI=1S/C11H24N2O2/c1-8(2)13-9(11(3,4)5)7-15-10(14)12-6/h8-9,13H,7H2,1-6H3,(H,12,14)/t9-/m1/s1. The number of ether oxygens (including phenoxy) is 1. The lowest BCUT2D eigenvalue weighted by molar-refractivity contribution is 0.104. The first kappa shape index (κ1) is 14.2. The van der Waals surface area contributed by atoms with Gasteiger partial charge in [0, 0.05) is 19.1 Å². The molecule has 90 valence electrons. The van der Waals surface area contributed by atoms with Gasteiger partial charge in [-0.3, -0.25) is 0 Å². The molecular weight excluding hydrogens is 192 g/mol. The molecule has 0 aromatic rings. The highest BCUT2D eigenvalue weighted by atomic mass is 16.5. The number of carbonyl (C=O) groups is 1. The van der Waals surface area contributed by atoms with E-state index in [9.17, 15) is 4.79 Å². The minimum Gasteiger partial charge on any atom is -0.448 e. The normalized spacial score (nSPS) is 13.8. The van der Waals surface area contributed by atoms with E-state index in [1.54, 1.807) is 7.05 Å². The van der Waals surface area contributed by atoms with Crippen LogP contribution in [0.25, 0.3) is 0 Å². The smallest absolute Gasteiger partial charge is 0.406 e. The average Bonchev–Trinajstić information content (AvgIpc) is 2.09. The van der Waals surface area contributed by atoms with E-state index in [0.717, 1.165) is 0 Å². The molecule has 0 unspecified atom stereocenters. The summed E-state index contributed by atoms with van der Waals surface area (Å²) in [7, 11) is 1.56. The zero-order valence-corrected chi connectivity index (χ0v) is 10.7. The fourth-order valence-corrected chi connectivity index (χ4v) is 1.18. The first-order valence-electron chi connectivity index (χ1n) is 5.38. The SMILES string of the molecule is CNC(=O)OC[C@@H](NC(C)C)C(C)(C)C. The molecule has 0 aliphatic carbocycles. The van der Waals surface area contributed by atoms with Gasteiger partial charge in [-0.15, -0.1) is 0 Å². The van der Waals surface area contributed by atoms with Crippen molar-refractivity contribution >= 4 is 6.09 Å². The van der Waals surface area contributed by atoms with Crippen LogP contribution in [-0.2, 0) is 4.74 Å². The maximum atomic E-state index is 11.0. The summed E-state index contributed by atoms with van der Waals surface area (Å²) in [5.41, 5.74) is 0.0677. The Balaban J connectivity index is 4.20. The van der Waals surface area contributed by atoms with Crippen LogP contribution in [0, 0.1) is 5.41 Å². The van der Waals surface area contributed by atoms with E-state index in [1.165, 1.54) is 0 Å². The van der Waals surface area contributed by atoms with Gasteiger partial charge >= 0.3 is 6.09 Å². The topological polar surface area (TPSA) is 50.4 Å². The number of hydrogen-bond acceptors (Lipinski definition) is 3. The zero-order valence-electron chi connectivity index (χ0n) is 10.7. The molecule has 0 saturated heterocycles. The van der Waals surface area contributed by atoms with Crippen molar-refractivity contribution in [3.63, 3.8) is 0 Å². The predicted octanol–water partition coefficient (Wildman–Crippen LogP) is 1.76. The van der Waals surface area contributed by atoms with Crippen LogP contribution in [0.4, 0.5) is 4.79 Å². The molecule has 1 atom stereocenters. The molecule has 15 heavy (non-hydrogen) atoms. The second-order valence-electron chi connectivity index (χ2n) is 5.09. The quantitative estimate of drug-likeness (QED) is 0.753. The van der Waals surface area contributed by atoms with Crippen LogP contribution >= 0.6 is 0 Å². The average molecular weight is 216 g/mol. The van der Waals surface area contributed by atoms with Crippen molar-refractivity contribution in [2.75, 3.05) is 13.7 Å². The van der Waals surface area contributed by atoms with Crippen LogP contribution < -0.4 is 10.6 Å². The Morgan fingerprint density at radius 3 is 2.20 bits per heavy atom. The lowest BCUT2D eigenvalue weighted by Crippen LogP contribution is -2.47. The molecule has 4 heteroatoms. The fourth-order valence-electron chi connectivity index (χ4n) is 1.18. The highest BCUT2D eigenvalue weighted by Gasteiger charge is 2.26. The van der Waals surface area contributed by atoms with E-state index in [1.807, 2.05) is 0 Å². The molecule has 4 nitrogen and oxygen atoms in total. The van der Waals surface area contributed by atoms with Crippen LogP contribution in [0.2, 0.25) is 0 Å². The van der Waals surface area contributed by atoms with Crippen molar-refractivity contribution < 1.29 is 9.53 Å². The lowest BCUT2D eigenvalue weighted by Gasteiger charge is -2.32. The number of amides is 1. The van der Waals surface area contributed by atoms with Crippen molar-refractivity contribution in [3.8, 4) is 0 Å². The van der Waals surface area contributed by atoms with E-state index in [-0.39, 0.29) is 17.6 Å². The van der Waals surface area contributed by atoms with E-state index < -0.39 is 0 Å². The Morgan fingerprint density at radius 1 is 1.33 bits per heavy atom. The Labute approximate surface area is 92.8 Å². The molecule has 0 bridgehead atoms. The third-order valence-electron chi connectivity index (χ3n) is 2.17. The summed E-state index contributed by atoms with van der Waals surface area (Å²) in [6.07, 6.45) is -0.380. The van der Waals surface area contributed by atoms with Gasteiger partial charge in [0.15, 0.2) is 0 Å². The number of rotatable bonds is 4. The molecule has 1 amide bonds. The Bertz CT molecular complexity index is 197. The third kappa shape index (κ3) is 6.33. The molecule has 0 rings (SSSR count). The Kier molecular flexibility index (Phi) is 5.65. The summed E-state index contributed by atoms with van der Waals surface area (Å²) in [5, 5.41) is 5.83. The van der Waals surface area contributed by atoms with Gasteiger partial charge in [0.05, 0.1) is 0 Å². The summed E-state index contributed by atoms with van der Waals surface area (Å²) in [4.78, 5) is 11.0. The molecule has 0 aromatic heterocycles. The number of alkyl carbamates (subject to hydrolysis) is 1. The molecular formula is C11H24N2O2. The van der Waals surface area contributed by atoms with E-state index >= 15 is 0 Å². The molecule has 0 aliphatic heterocycles. The van der Waals surface area contributed by atoms with Gasteiger partial charge in [0.1, 0.15) is 6.61 Å². The summed E-state index contributed by atoms with van der Waals surface area (Å²) < 4.78 is 5.07. The minimum atomic E-state index is -0.380. The van der Waals surface area contributed by atoms with Crippen LogP contribution in [0.3, 0.4) is 0 Å². The fraction of sp³-hybridized carbons (Fsp3) is 0.909. The van der Waals surface area contributed by atoms with Crippen molar-refractivity contribution in [2.24, 2.45) is 5.41 Å². The van der Waals surface area contributed by atoms with Gasteiger partial charge in [-0.25, -0.2) is 4.79 Å². The summed E-state index contributed by atoms with van der Waals surface area (Å²) in [6, 6.07) is 0.539. The summed E-state index contributed by atoms with van der Waals surface area (Å²) >= 11 is 0. The van der Waals surface area contributed by atoms with Crippen molar-refractivity contribution in [1.29, 1.82) is 0 Å². The van der Waals surface area contributed by atoms with Crippen molar-refractivity contribution in [2.45, 2.75) is 46.7 Å². The minimum absolute atomic E-state index is 0.0677. The second kappa shape index (κ2) is 5.95. The molecule has 0 saturated carbocycles. The zero-order chi connectivity index (χ0) is 12.1. The van der Waals surface area contributed by atoms with Crippen molar-refractivity contribution in [3.05, 3.63) is 0 Å². The van der Waals surface area contributed by atoms with E-state index in [4.69, 9.17) is 4.74 Å². The van der Waals surface area contributed by atoms with Gasteiger partial charge < -0.3 is 15.4 Å².